The van der Waals surface area contributed by atoms with Crippen LogP contribution in [0.3, 0.4) is 0 Å². The Hall–Kier alpha value is -1.76. The second-order valence-corrected chi connectivity index (χ2v) is 3.57. The van der Waals surface area contributed by atoms with Crippen LogP contribution in [-0.2, 0) is 11.2 Å². The Morgan fingerprint density at radius 3 is 2.50 bits per heavy atom. The molecule has 0 radical (unpaired) electrons. The number of ether oxygens (including phenoxy) is 1. The lowest BCUT2D eigenvalue weighted by molar-refractivity contribution is -0.153. The molecule has 1 aromatic carbocycles. The molecular formula is C11H11F3O4. The summed E-state index contributed by atoms with van der Waals surface area (Å²) in [6, 6.07) is 5.67. The summed E-state index contributed by atoms with van der Waals surface area (Å²) in [5.41, 5.74) is 0.205. The molecule has 18 heavy (non-hydrogen) atoms. The van der Waals surface area contributed by atoms with Crippen molar-refractivity contribution in [3.8, 4) is 5.75 Å². The van der Waals surface area contributed by atoms with E-state index in [0.29, 0.717) is 0 Å². The second-order valence-electron chi connectivity index (χ2n) is 3.57. The normalized spacial score (nSPS) is 13.1. The Labute approximate surface area is 101 Å². The average Bonchev–Trinajstić information content (AvgIpc) is 2.26. The molecular weight excluding hydrogens is 253 g/mol. The molecule has 0 heterocycles. The fourth-order valence-corrected chi connectivity index (χ4v) is 1.27. The number of hydrogen-bond donors (Lipinski definition) is 2. The van der Waals surface area contributed by atoms with E-state index >= 15 is 0 Å². The molecule has 0 aliphatic rings. The largest absolute Gasteiger partial charge is 0.484 e. The third-order valence-electron chi connectivity index (χ3n) is 2.06. The lowest BCUT2D eigenvalue weighted by atomic mass is 10.1. The minimum atomic E-state index is -4.47. The fraction of sp³-hybridized carbons (Fsp3) is 0.364. The van der Waals surface area contributed by atoms with Crippen LogP contribution in [0.15, 0.2) is 24.3 Å². The summed E-state index contributed by atoms with van der Waals surface area (Å²) in [5, 5.41) is 17.7. The van der Waals surface area contributed by atoms with Crippen molar-refractivity contribution < 1.29 is 32.9 Å². The van der Waals surface area contributed by atoms with Crippen molar-refractivity contribution in [2.45, 2.75) is 18.7 Å². The lowest BCUT2D eigenvalue weighted by Crippen LogP contribution is -2.23. The number of rotatable bonds is 5. The number of hydrogen-bond acceptors (Lipinski definition) is 3. The van der Waals surface area contributed by atoms with Gasteiger partial charge in [0.25, 0.3) is 0 Å². The quantitative estimate of drug-likeness (QED) is 0.848. The Morgan fingerprint density at radius 1 is 1.33 bits per heavy atom. The average molecular weight is 264 g/mol. The highest BCUT2D eigenvalue weighted by atomic mass is 19.4. The molecule has 4 nitrogen and oxygen atoms in total. The third kappa shape index (κ3) is 4.62. The van der Waals surface area contributed by atoms with Crippen molar-refractivity contribution in [1.82, 2.24) is 0 Å². The summed E-state index contributed by atoms with van der Waals surface area (Å²) in [6.07, 6.45) is -6.47. The summed E-state index contributed by atoms with van der Waals surface area (Å²) < 4.78 is 40.5. The zero-order valence-electron chi connectivity index (χ0n) is 9.15. The van der Waals surface area contributed by atoms with Crippen LogP contribution in [0.5, 0.6) is 5.75 Å². The van der Waals surface area contributed by atoms with Gasteiger partial charge in [-0.1, -0.05) is 18.2 Å². The Bertz CT molecular complexity index is 417. The van der Waals surface area contributed by atoms with Crippen LogP contribution in [0.4, 0.5) is 13.2 Å². The van der Waals surface area contributed by atoms with Crippen molar-refractivity contribution in [3.05, 3.63) is 29.8 Å². The smallest absolute Gasteiger partial charge is 0.422 e. The number of carboxylic acid groups (broad SMARTS) is 1. The number of alkyl halides is 3. The number of para-hydroxylation sites is 1. The van der Waals surface area contributed by atoms with Crippen molar-refractivity contribution in [2.24, 2.45) is 0 Å². The minimum Gasteiger partial charge on any atom is -0.484 e. The molecule has 0 aliphatic carbocycles. The molecule has 0 fully saturated rings. The van der Waals surface area contributed by atoms with E-state index in [0.717, 1.165) is 0 Å². The van der Waals surface area contributed by atoms with Gasteiger partial charge in [-0.2, -0.15) is 13.2 Å². The summed E-state index contributed by atoms with van der Waals surface area (Å²) in [6.45, 7) is -1.47. The van der Waals surface area contributed by atoms with E-state index in [1.807, 2.05) is 0 Å². The van der Waals surface area contributed by atoms with Crippen molar-refractivity contribution in [2.75, 3.05) is 6.61 Å². The van der Waals surface area contributed by atoms with Crippen LogP contribution >= 0.6 is 0 Å². The van der Waals surface area contributed by atoms with Gasteiger partial charge >= 0.3 is 12.1 Å². The highest BCUT2D eigenvalue weighted by Crippen LogP contribution is 2.23. The van der Waals surface area contributed by atoms with Gasteiger partial charge in [-0.25, -0.2) is 4.79 Å². The molecule has 0 unspecified atom stereocenters. The van der Waals surface area contributed by atoms with Gasteiger partial charge in [0.15, 0.2) is 12.7 Å². The minimum absolute atomic E-state index is 0.0878. The van der Waals surface area contributed by atoms with E-state index in [4.69, 9.17) is 10.2 Å². The number of aliphatic hydroxyl groups excluding tert-OH is 1. The highest BCUT2D eigenvalue weighted by Gasteiger charge is 2.29. The van der Waals surface area contributed by atoms with Crippen LogP contribution in [0, 0.1) is 0 Å². The SMILES string of the molecule is O=C(O)[C@H](O)Cc1ccccc1OCC(F)(F)F. The van der Waals surface area contributed by atoms with E-state index in [2.05, 4.69) is 4.74 Å². The monoisotopic (exact) mass is 264 g/mol. The van der Waals surface area contributed by atoms with Gasteiger partial charge in [0.2, 0.25) is 0 Å². The number of halogens is 3. The number of carbonyl (C=O) groups is 1. The first-order chi connectivity index (χ1) is 8.29. The maximum Gasteiger partial charge on any atom is 0.422 e. The topological polar surface area (TPSA) is 66.8 Å². The molecule has 1 aromatic rings. The molecule has 0 aliphatic heterocycles. The zero-order chi connectivity index (χ0) is 13.8. The van der Waals surface area contributed by atoms with Crippen LogP contribution in [0.1, 0.15) is 5.56 Å². The number of aliphatic hydroxyl groups is 1. The van der Waals surface area contributed by atoms with Gasteiger partial charge in [-0.15, -0.1) is 0 Å². The molecule has 0 saturated heterocycles. The van der Waals surface area contributed by atoms with Crippen molar-refractivity contribution >= 4 is 5.97 Å². The summed E-state index contributed by atoms with van der Waals surface area (Å²) >= 11 is 0. The van der Waals surface area contributed by atoms with Crippen LogP contribution in [0.25, 0.3) is 0 Å². The fourth-order valence-electron chi connectivity index (χ4n) is 1.27. The maximum atomic E-state index is 12.0. The summed E-state index contributed by atoms with van der Waals surface area (Å²) in [7, 11) is 0. The van der Waals surface area contributed by atoms with E-state index in [1.165, 1.54) is 24.3 Å². The van der Waals surface area contributed by atoms with Gasteiger partial charge in [-0.3, -0.25) is 0 Å². The predicted molar refractivity (Wildman–Crippen MR) is 55.3 cm³/mol. The van der Waals surface area contributed by atoms with Crippen LogP contribution in [-0.4, -0.2) is 35.1 Å². The molecule has 0 aromatic heterocycles. The van der Waals surface area contributed by atoms with E-state index in [1.54, 1.807) is 0 Å². The first-order valence-electron chi connectivity index (χ1n) is 4.98. The maximum absolute atomic E-state index is 12.0. The zero-order valence-corrected chi connectivity index (χ0v) is 9.15. The Morgan fingerprint density at radius 2 is 1.94 bits per heavy atom. The van der Waals surface area contributed by atoms with Crippen molar-refractivity contribution in [1.29, 1.82) is 0 Å². The Balaban J connectivity index is 2.76. The van der Waals surface area contributed by atoms with E-state index in [9.17, 15) is 18.0 Å². The molecule has 1 rings (SSSR count). The van der Waals surface area contributed by atoms with Gasteiger partial charge < -0.3 is 14.9 Å². The molecule has 0 saturated carbocycles. The third-order valence-corrected chi connectivity index (χ3v) is 2.06. The Kier molecular flexibility index (Phi) is 4.55. The van der Waals surface area contributed by atoms with Crippen LogP contribution < -0.4 is 4.74 Å². The standard InChI is InChI=1S/C11H11F3O4/c12-11(13,14)6-18-9-4-2-1-3-7(9)5-8(15)10(16)17/h1-4,8,15H,5-6H2,(H,16,17)/t8-/m1/s1. The number of aliphatic carboxylic acids is 1. The number of benzene rings is 1. The molecule has 2 N–H and O–H groups in total. The van der Waals surface area contributed by atoms with Gasteiger partial charge in [0, 0.05) is 6.42 Å². The number of carboxylic acids is 1. The molecule has 0 bridgehead atoms. The second kappa shape index (κ2) is 5.72. The van der Waals surface area contributed by atoms with E-state index < -0.39 is 24.9 Å². The highest BCUT2D eigenvalue weighted by molar-refractivity contribution is 5.72. The lowest BCUT2D eigenvalue weighted by Gasteiger charge is -2.13. The van der Waals surface area contributed by atoms with Gasteiger partial charge in [-0.05, 0) is 11.6 Å². The van der Waals surface area contributed by atoms with Gasteiger partial charge in [0.1, 0.15) is 5.75 Å². The summed E-state index contributed by atoms with van der Waals surface area (Å²) in [5.74, 6) is -1.53. The van der Waals surface area contributed by atoms with Gasteiger partial charge in [0.05, 0.1) is 0 Å². The van der Waals surface area contributed by atoms with Crippen LogP contribution in [0.2, 0.25) is 0 Å². The molecule has 100 valence electrons. The molecule has 1 atom stereocenters. The molecule has 7 heteroatoms. The van der Waals surface area contributed by atoms with Crippen molar-refractivity contribution in [3.63, 3.8) is 0 Å². The first kappa shape index (κ1) is 14.3. The van der Waals surface area contributed by atoms with E-state index in [-0.39, 0.29) is 17.7 Å². The summed E-state index contributed by atoms with van der Waals surface area (Å²) in [4.78, 5) is 10.5. The molecule has 0 amide bonds. The molecule has 0 spiro atoms. The predicted octanol–water partition coefficient (Wildman–Crippen LogP) is 1.62. The first-order valence-corrected chi connectivity index (χ1v) is 4.98.